The Morgan fingerprint density at radius 1 is 1.70 bits per heavy atom. The largest absolute Gasteiger partial charge is 0.390 e. The number of aliphatic hydroxyl groups excluding tert-OH is 1. The molecule has 0 spiro atoms. The van der Waals surface area contributed by atoms with E-state index in [0.29, 0.717) is 6.61 Å². The van der Waals surface area contributed by atoms with E-state index in [-0.39, 0.29) is 18.3 Å². The molecule has 1 unspecified atom stereocenters. The minimum atomic E-state index is -0.338. The smallest absolute Gasteiger partial charge is 0.107 e. The molecule has 1 heterocycles. The molecule has 3 nitrogen and oxygen atoms in total. The van der Waals surface area contributed by atoms with Crippen molar-refractivity contribution in [3.8, 4) is 0 Å². The van der Waals surface area contributed by atoms with E-state index >= 15 is 0 Å². The Kier molecular flexibility index (Phi) is 2.65. The van der Waals surface area contributed by atoms with Gasteiger partial charge in [0.15, 0.2) is 0 Å². The highest BCUT2D eigenvalue weighted by atomic mass is 16.5. The summed E-state index contributed by atoms with van der Waals surface area (Å²) in [6, 6.07) is 0. The first kappa shape index (κ1) is 7.98. The highest BCUT2D eigenvalue weighted by molar-refractivity contribution is 4.79. The maximum absolute atomic E-state index is 9.29. The van der Waals surface area contributed by atoms with E-state index < -0.39 is 0 Å². The predicted octanol–water partition coefficient (Wildman–Crippen LogP) is 0.171. The highest BCUT2D eigenvalue weighted by Crippen LogP contribution is 2.19. The highest BCUT2D eigenvalue weighted by Gasteiger charge is 2.30. The Morgan fingerprint density at radius 2 is 2.40 bits per heavy atom. The van der Waals surface area contributed by atoms with Crippen molar-refractivity contribution in [2.45, 2.75) is 31.7 Å². The van der Waals surface area contributed by atoms with Crippen LogP contribution in [0.2, 0.25) is 0 Å². The van der Waals surface area contributed by atoms with E-state index in [0.717, 1.165) is 6.42 Å². The SMILES string of the molecule is COC[C@@H]1O[C@H](C)CC1O. The van der Waals surface area contributed by atoms with Crippen LogP contribution in [0.5, 0.6) is 0 Å². The normalized spacial score (nSPS) is 40.5. The Labute approximate surface area is 60.9 Å². The fourth-order valence-electron chi connectivity index (χ4n) is 1.25. The molecule has 1 fully saturated rings. The number of rotatable bonds is 2. The van der Waals surface area contributed by atoms with Crippen LogP contribution in [0.3, 0.4) is 0 Å². The summed E-state index contributed by atoms with van der Waals surface area (Å²) in [5, 5.41) is 9.29. The van der Waals surface area contributed by atoms with E-state index in [1.807, 2.05) is 6.92 Å². The average Bonchev–Trinajstić information content (AvgIpc) is 2.13. The minimum Gasteiger partial charge on any atom is -0.390 e. The molecule has 1 saturated heterocycles. The summed E-state index contributed by atoms with van der Waals surface area (Å²) in [4.78, 5) is 0. The van der Waals surface area contributed by atoms with Gasteiger partial charge in [0.2, 0.25) is 0 Å². The molecule has 0 amide bonds. The van der Waals surface area contributed by atoms with Gasteiger partial charge in [-0.2, -0.15) is 0 Å². The number of aliphatic hydroxyl groups is 1. The van der Waals surface area contributed by atoms with E-state index in [9.17, 15) is 5.11 Å². The van der Waals surface area contributed by atoms with Crippen LogP contribution in [0.15, 0.2) is 0 Å². The van der Waals surface area contributed by atoms with Gasteiger partial charge in [0.05, 0.1) is 18.8 Å². The van der Waals surface area contributed by atoms with Gasteiger partial charge in [-0.15, -0.1) is 0 Å². The zero-order valence-corrected chi connectivity index (χ0v) is 6.41. The lowest BCUT2D eigenvalue weighted by Gasteiger charge is -2.11. The summed E-state index contributed by atoms with van der Waals surface area (Å²) in [6.45, 7) is 2.45. The van der Waals surface area contributed by atoms with Crippen molar-refractivity contribution < 1.29 is 14.6 Å². The van der Waals surface area contributed by atoms with E-state index in [4.69, 9.17) is 9.47 Å². The second-order valence-corrected chi connectivity index (χ2v) is 2.74. The zero-order valence-electron chi connectivity index (χ0n) is 6.41. The third-order valence-electron chi connectivity index (χ3n) is 1.74. The Morgan fingerprint density at radius 3 is 2.80 bits per heavy atom. The Bertz CT molecular complexity index is 105. The standard InChI is InChI=1S/C7H14O3/c1-5-3-6(8)7(10-5)4-9-2/h5-8H,3-4H2,1-2H3/t5-,6?,7+/m1/s1. The van der Waals surface area contributed by atoms with Crippen LogP contribution in [-0.4, -0.2) is 37.1 Å². The molecule has 1 rings (SSSR count). The van der Waals surface area contributed by atoms with E-state index in [1.165, 1.54) is 0 Å². The topological polar surface area (TPSA) is 38.7 Å². The summed E-state index contributed by atoms with van der Waals surface area (Å²) < 4.78 is 10.2. The van der Waals surface area contributed by atoms with Crippen molar-refractivity contribution >= 4 is 0 Å². The van der Waals surface area contributed by atoms with Crippen molar-refractivity contribution in [3.05, 3.63) is 0 Å². The molecule has 3 heteroatoms. The lowest BCUT2D eigenvalue weighted by Crippen LogP contribution is -2.25. The fourth-order valence-corrected chi connectivity index (χ4v) is 1.25. The quantitative estimate of drug-likeness (QED) is 0.603. The number of hydrogen-bond acceptors (Lipinski definition) is 3. The molecule has 1 N–H and O–H groups in total. The average molecular weight is 146 g/mol. The van der Waals surface area contributed by atoms with Gasteiger partial charge in [0.25, 0.3) is 0 Å². The molecule has 1 aliphatic rings. The van der Waals surface area contributed by atoms with E-state index in [1.54, 1.807) is 7.11 Å². The van der Waals surface area contributed by atoms with Crippen LogP contribution in [0, 0.1) is 0 Å². The van der Waals surface area contributed by atoms with Crippen molar-refractivity contribution in [2.24, 2.45) is 0 Å². The molecule has 3 atom stereocenters. The molecule has 60 valence electrons. The lowest BCUT2D eigenvalue weighted by atomic mass is 10.1. The molecule has 0 aliphatic carbocycles. The molecular weight excluding hydrogens is 132 g/mol. The van der Waals surface area contributed by atoms with Crippen LogP contribution in [0.4, 0.5) is 0 Å². The third-order valence-corrected chi connectivity index (χ3v) is 1.74. The van der Waals surface area contributed by atoms with Crippen LogP contribution in [0.25, 0.3) is 0 Å². The predicted molar refractivity (Wildman–Crippen MR) is 36.8 cm³/mol. The van der Waals surface area contributed by atoms with Gasteiger partial charge in [-0.25, -0.2) is 0 Å². The second-order valence-electron chi connectivity index (χ2n) is 2.74. The summed E-state index contributed by atoms with van der Waals surface area (Å²) in [7, 11) is 1.61. The Hall–Kier alpha value is -0.120. The van der Waals surface area contributed by atoms with E-state index in [2.05, 4.69) is 0 Å². The molecule has 0 aromatic rings. The van der Waals surface area contributed by atoms with Gasteiger partial charge in [-0.1, -0.05) is 0 Å². The lowest BCUT2D eigenvalue weighted by molar-refractivity contribution is -0.0288. The zero-order chi connectivity index (χ0) is 7.56. The van der Waals surface area contributed by atoms with Crippen LogP contribution in [-0.2, 0) is 9.47 Å². The first-order valence-corrected chi connectivity index (χ1v) is 3.56. The molecule has 0 aromatic carbocycles. The van der Waals surface area contributed by atoms with Crippen molar-refractivity contribution in [1.29, 1.82) is 0 Å². The van der Waals surface area contributed by atoms with Crippen LogP contribution in [0.1, 0.15) is 13.3 Å². The maximum atomic E-state index is 9.29. The molecular formula is C7H14O3. The first-order chi connectivity index (χ1) is 4.74. The van der Waals surface area contributed by atoms with Crippen molar-refractivity contribution in [1.82, 2.24) is 0 Å². The summed E-state index contributed by atoms with van der Waals surface area (Å²) in [6.07, 6.45) is 0.457. The van der Waals surface area contributed by atoms with Gasteiger partial charge in [-0.3, -0.25) is 0 Å². The van der Waals surface area contributed by atoms with Gasteiger partial charge in [0, 0.05) is 13.5 Å². The minimum absolute atomic E-state index is 0.111. The summed E-state index contributed by atoms with van der Waals surface area (Å²) in [5.41, 5.74) is 0. The van der Waals surface area contributed by atoms with Gasteiger partial charge in [-0.05, 0) is 6.92 Å². The molecule has 0 bridgehead atoms. The van der Waals surface area contributed by atoms with Gasteiger partial charge < -0.3 is 14.6 Å². The molecule has 1 aliphatic heterocycles. The molecule has 0 aromatic heterocycles. The number of ether oxygens (including phenoxy) is 2. The van der Waals surface area contributed by atoms with Gasteiger partial charge >= 0.3 is 0 Å². The molecule has 0 saturated carbocycles. The first-order valence-electron chi connectivity index (χ1n) is 3.56. The number of hydrogen-bond donors (Lipinski definition) is 1. The summed E-state index contributed by atoms with van der Waals surface area (Å²) >= 11 is 0. The number of methoxy groups -OCH3 is 1. The van der Waals surface area contributed by atoms with Gasteiger partial charge in [0.1, 0.15) is 6.10 Å². The maximum Gasteiger partial charge on any atom is 0.107 e. The van der Waals surface area contributed by atoms with Crippen molar-refractivity contribution in [2.75, 3.05) is 13.7 Å². The third kappa shape index (κ3) is 1.68. The molecule has 10 heavy (non-hydrogen) atoms. The second kappa shape index (κ2) is 3.32. The summed E-state index contributed by atoms with van der Waals surface area (Å²) in [5.74, 6) is 0. The van der Waals surface area contributed by atoms with Crippen molar-refractivity contribution in [3.63, 3.8) is 0 Å². The monoisotopic (exact) mass is 146 g/mol. The Balaban J connectivity index is 2.31. The van der Waals surface area contributed by atoms with Crippen LogP contribution >= 0.6 is 0 Å². The molecule has 0 radical (unpaired) electrons. The fraction of sp³-hybridized carbons (Fsp3) is 1.00. The van der Waals surface area contributed by atoms with Crippen LogP contribution < -0.4 is 0 Å².